The van der Waals surface area contributed by atoms with Crippen molar-refractivity contribution >= 4 is 5.91 Å². The van der Waals surface area contributed by atoms with Crippen LogP contribution < -0.4 is 4.74 Å². The van der Waals surface area contributed by atoms with E-state index in [9.17, 15) is 9.90 Å². The predicted molar refractivity (Wildman–Crippen MR) is 84.0 cm³/mol. The smallest absolute Gasteiger partial charge is 0.268 e. The lowest BCUT2D eigenvalue weighted by atomic mass is 9.79. The number of aliphatic hydroxyl groups is 2. The molecular weight excluding hydrogens is 282 g/mol. The normalized spacial score (nSPS) is 27.0. The first-order valence-corrected chi connectivity index (χ1v) is 7.66. The van der Waals surface area contributed by atoms with E-state index >= 15 is 0 Å². The van der Waals surface area contributed by atoms with Gasteiger partial charge in [0.25, 0.3) is 5.91 Å². The molecule has 0 fully saturated rings. The third-order valence-corrected chi connectivity index (χ3v) is 4.52. The average Bonchev–Trinajstić information content (AvgIpc) is 2.49. The van der Waals surface area contributed by atoms with Crippen molar-refractivity contribution in [1.82, 2.24) is 4.90 Å². The largest absolute Gasteiger partial charge is 0.475 e. The highest BCUT2D eigenvalue weighted by Crippen LogP contribution is 2.43. The second-order valence-corrected chi connectivity index (χ2v) is 6.23. The maximum atomic E-state index is 12.7. The van der Waals surface area contributed by atoms with Crippen molar-refractivity contribution in [1.29, 1.82) is 0 Å². The maximum Gasteiger partial charge on any atom is 0.268 e. The number of rotatable bonds is 4. The average molecular weight is 307 g/mol. The summed E-state index contributed by atoms with van der Waals surface area (Å²) in [7, 11) is 1.66. The van der Waals surface area contributed by atoms with E-state index in [0.717, 1.165) is 11.1 Å². The summed E-state index contributed by atoms with van der Waals surface area (Å²) in [6, 6.07) is 5.70. The summed E-state index contributed by atoms with van der Waals surface area (Å²) in [5.74, 6) is 0.196. The number of nitrogens with zero attached hydrogens (tertiary/aromatic N) is 1. The third kappa shape index (κ3) is 2.71. The molecule has 5 nitrogen and oxygen atoms in total. The molecule has 2 rings (SSSR count). The van der Waals surface area contributed by atoms with Crippen molar-refractivity contribution in [2.75, 3.05) is 20.2 Å². The standard InChI is InChI=1S/C17H25NO4/c1-11-7-5-8-13-14(11)12(2)15(20)17(3,22-13)16(21)18(4)9-6-10-19/h5,7-8,12,15,19-20H,6,9-10H2,1-4H3. The van der Waals surface area contributed by atoms with Gasteiger partial charge in [0.05, 0.1) is 0 Å². The molecule has 122 valence electrons. The molecule has 1 amide bonds. The van der Waals surface area contributed by atoms with Crippen LogP contribution in [0.2, 0.25) is 0 Å². The van der Waals surface area contributed by atoms with Gasteiger partial charge >= 0.3 is 0 Å². The topological polar surface area (TPSA) is 70.0 Å². The van der Waals surface area contributed by atoms with E-state index in [0.29, 0.717) is 18.7 Å². The van der Waals surface area contributed by atoms with Crippen LogP contribution in [0.25, 0.3) is 0 Å². The van der Waals surface area contributed by atoms with Crippen molar-refractivity contribution in [2.45, 2.75) is 44.8 Å². The van der Waals surface area contributed by atoms with Crippen LogP contribution in [-0.4, -0.2) is 52.9 Å². The van der Waals surface area contributed by atoms with Gasteiger partial charge in [-0.3, -0.25) is 4.79 Å². The molecule has 1 aromatic rings. The number of aliphatic hydroxyl groups excluding tert-OH is 2. The Kier molecular flexibility index (Phi) is 4.78. The Labute approximate surface area is 131 Å². The summed E-state index contributed by atoms with van der Waals surface area (Å²) in [5.41, 5.74) is 0.690. The molecule has 0 aromatic heterocycles. The first-order valence-electron chi connectivity index (χ1n) is 7.66. The molecule has 1 aliphatic heterocycles. The van der Waals surface area contributed by atoms with E-state index in [4.69, 9.17) is 9.84 Å². The summed E-state index contributed by atoms with van der Waals surface area (Å²) in [6.45, 7) is 5.98. The molecular formula is C17H25NO4. The summed E-state index contributed by atoms with van der Waals surface area (Å²) in [5, 5.41) is 19.6. The Bertz CT molecular complexity index is 560. The number of aryl methyl sites for hydroxylation is 1. The lowest BCUT2D eigenvalue weighted by Crippen LogP contribution is -2.60. The zero-order chi connectivity index (χ0) is 16.5. The number of benzene rings is 1. The molecule has 0 saturated heterocycles. The molecule has 0 bridgehead atoms. The van der Waals surface area contributed by atoms with Crippen LogP contribution >= 0.6 is 0 Å². The number of ether oxygens (including phenoxy) is 1. The SMILES string of the molecule is Cc1cccc2c1C(C)C(O)C(C)(C(=O)N(C)CCCO)O2. The van der Waals surface area contributed by atoms with Crippen LogP contribution in [0.5, 0.6) is 5.75 Å². The molecule has 0 spiro atoms. The van der Waals surface area contributed by atoms with E-state index in [1.807, 2.05) is 32.0 Å². The minimum Gasteiger partial charge on any atom is -0.475 e. The van der Waals surface area contributed by atoms with Crippen LogP contribution in [0.15, 0.2) is 18.2 Å². The quantitative estimate of drug-likeness (QED) is 0.883. The number of likely N-dealkylation sites (N-methyl/N-ethyl adjacent to an activating group) is 1. The first-order chi connectivity index (χ1) is 10.3. The zero-order valence-corrected chi connectivity index (χ0v) is 13.7. The van der Waals surface area contributed by atoms with Crippen molar-refractivity contribution in [2.24, 2.45) is 0 Å². The lowest BCUT2D eigenvalue weighted by molar-refractivity contribution is -0.159. The Hall–Kier alpha value is -1.59. The maximum absolute atomic E-state index is 12.7. The van der Waals surface area contributed by atoms with Crippen LogP contribution in [-0.2, 0) is 4.79 Å². The molecule has 1 aliphatic rings. The summed E-state index contributed by atoms with van der Waals surface area (Å²) in [6.07, 6.45) is -0.426. The molecule has 1 aromatic carbocycles. The van der Waals surface area contributed by atoms with E-state index in [1.165, 1.54) is 4.90 Å². The highest BCUT2D eigenvalue weighted by molar-refractivity contribution is 5.86. The second kappa shape index (κ2) is 6.26. The van der Waals surface area contributed by atoms with Crippen LogP contribution in [0.3, 0.4) is 0 Å². The van der Waals surface area contributed by atoms with Crippen molar-refractivity contribution in [3.63, 3.8) is 0 Å². The molecule has 1 heterocycles. The van der Waals surface area contributed by atoms with Gasteiger partial charge in [0.15, 0.2) is 0 Å². The molecule has 2 N–H and O–H groups in total. The number of fused-ring (bicyclic) bond motifs is 1. The fourth-order valence-electron chi connectivity index (χ4n) is 3.21. The van der Waals surface area contributed by atoms with Gasteiger partial charge in [-0.2, -0.15) is 0 Å². The number of amides is 1. The van der Waals surface area contributed by atoms with Crippen LogP contribution in [0, 0.1) is 6.92 Å². The molecule has 3 atom stereocenters. The van der Waals surface area contributed by atoms with E-state index in [-0.39, 0.29) is 18.4 Å². The Balaban J connectivity index is 2.34. The van der Waals surface area contributed by atoms with E-state index in [2.05, 4.69) is 0 Å². The van der Waals surface area contributed by atoms with Gasteiger partial charge in [0.2, 0.25) is 5.60 Å². The van der Waals surface area contributed by atoms with E-state index in [1.54, 1.807) is 14.0 Å². The fraction of sp³-hybridized carbons (Fsp3) is 0.588. The fourth-order valence-corrected chi connectivity index (χ4v) is 3.21. The molecule has 22 heavy (non-hydrogen) atoms. The van der Waals surface area contributed by atoms with E-state index < -0.39 is 11.7 Å². The monoisotopic (exact) mass is 307 g/mol. The number of hydrogen-bond acceptors (Lipinski definition) is 4. The van der Waals surface area contributed by atoms with Gasteiger partial charge in [-0.15, -0.1) is 0 Å². The Morgan fingerprint density at radius 2 is 2.14 bits per heavy atom. The third-order valence-electron chi connectivity index (χ3n) is 4.52. The first kappa shape index (κ1) is 16.8. The van der Waals surface area contributed by atoms with Gasteiger partial charge in [-0.1, -0.05) is 19.1 Å². The second-order valence-electron chi connectivity index (χ2n) is 6.23. The van der Waals surface area contributed by atoms with Crippen molar-refractivity contribution in [3.05, 3.63) is 29.3 Å². The van der Waals surface area contributed by atoms with Gasteiger partial charge in [-0.25, -0.2) is 0 Å². The van der Waals surface area contributed by atoms with Gasteiger partial charge in [0.1, 0.15) is 11.9 Å². The number of carbonyl (C=O) groups is 1. The van der Waals surface area contributed by atoms with Crippen LogP contribution in [0.4, 0.5) is 0 Å². The van der Waals surface area contributed by atoms with Gasteiger partial charge in [-0.05, 0) is 31.9 Å². The highest BCUT2D eigenvalue weighted by Gasteiger charge is 2.51. The molecule has 5 heteroatoms. The predicted octanol–water partition coefficient (Wildman–Crippen LogP) is 1.45. The summed E-state index contributed by atoms with van der Waals surface area (Å²) < 4.78 is 5.94. The van der Waals surface area contributed by atoms with Crippen LogP contribution in [0.1, 0.15) is 37.3 Å². The van der Waals surface area contributed by atoms with Crippen molar-refractivity contribution < 1.29 is 19.7 Å². The minimum absolute atomic E-state index is 0.0240. The minimum atomic E-state index is -1.32. The Morgan fingerprint density at radius 1 is 1.45 bits per heavy atom. The molecule has 0 aliphatic carbocycles. The number of hydrogen-bond donors (Lipinski definition) is 2. The Morgan fingerprint density at radius 3 is 2.77 bits per heavy atom. The summed E-state index contributed by atoms with van der Waals surface area (Å²) >= 11 is 0. The molecule has 0 saturated carbocycles. The molecule has 0 radical (unpaired) electrons. The summed E-state index contributed by atoms with van der Waals surface area (Å²) in [4.78, 5) is 14.2. The van der Waals surface area contributed by atoms with Crippen molar-refractivity contribution in [3.8, 4) is 5.75 Å². The van der Waals surface area contributed by atoms with Gasteiger partial charge in [0, 0.05) is 31.7 Å². The van der Waals surface area contributed by atoms with Gasteiger partial charge < -0.3 is 19.8 Å². The zero-order valence-electron chi connectivity index (χ0n) is 13.7. The highest BCUT2D eigenvalue weighted by atomic mass is 16.5. The molecule has 3 unspecified atom stereocenters. The number of carbonyl (C=O) groups excluding carboxylic acids is 1. The lowest BCUT2D eigenvalue weighted by Gasteiger charge is -2.44.